The number of carbonyl (C=O) groups excluding carboxylic acids is 1. The van der Waals surface area contributed by atoms with Crippen LogP contribution >= 0.6 is 0 Å². The van der Waals surface area contributed by atoms with Gasteiger partial charge in [0.1, 0.15) is 0 Å². The molecule has 0 aromatic rings. The molecule has 0 N–H and O–H groups in total. The summed E-state index contributed by atoms with van der Waals surface area (Å²) in [5.41, 5.74) is 0. The first kappa shape index (κ1) is 9.63. The van der Waals surface area contributed by atoms with E-state index >= 15 is 0 Å². The third-order valence-corrected chi connectivity index (χ3v) is 6.25. The molecule has 3 rings (SSSR count). The Labute approximate surface area is 89.6 Å². The van der Waals surface area contributed by atoms with E-state index in [4.69, 9.17) is 0 Å². The van der Waals surface area contributed by atoms with Crippen LogP contribution in [0.5, 0.6) is 0 Å². The minimum Gasteiger partial charge on any atom is -0.337 e. The molecular formula is C10H15NO3S. The summed E-state index contributed by atoms with van der Waals surface area (Å²) in [7, 11) is -2.86. The fourth-order valence-electron chi connectivity index (χ4n) is 2.86. The van der Waals surface area contributed by atoms with Gasteiger partial charge >= 0.3 is 0 Å². The molecule has 15 heavy (non-hydrogen) atoms. The van der Waals surface area contributed by atoms with Gasteiger partial charge in [-0.25, -0.2) is 8.42 Å². The molecule has 3 fully saturated rings. The molecule has 0 aromatic carbocycles. The molecule has 1 amide bonds. The highest BCUT2D eigenvalue weighted by atomic mass is 32.2. The van der Waals surface area contributed by atoms with E-state index in [0.29, 0.717) is 13.0 Å². The monoisotopic (exact) mass is 229 g/mol. The highest BCUT2D eigenvalue weighted by Crippen LogP contribution is 2.37. The molecule has 0 aromatic heterocycles. The van der Waals surface area contributed by atoms with Crippen molar-refractivity contribution in [1.82, 2.24) is 4.90 Å². The quantitative estimate of drug-likeness (QED) is 0.644. The second kappa shape index (κ2) is 2.97. The van der Waals surface area contributed by atoms with E-state index in [-0.39, 0.29) is 28.9 Å². The van der Waals surface area contributed by atoms with Crippen LogP contribution in [0.15, 0.2) is 0 Å². The highest BCUT2D eigenvalue weighted by Gasteiger charge is 2.51. The highest BCUT2D eigenvalue weighted by molar-refractivity contribution is 7.92. The van der Waals surface area contributed by atoms with Gasteiger partial charge in [-0.2, -0.15) is 0 Å². The molecule has 2 bridgehead atoms. The fourth-order valence-corrected chi connectivity index (χ4v) is 4.88. The van der Waals surface area contributed by atoms with Gasteiger partial charge in [-0.05, 0) is 19.3 Å². The second-order valence-electron chi connectivity index (χ2n) is 4.96. The minimum absolute atomic E-state index is 0.00639. The number of nitrogens with zero attached hydrogens (tertiary/aromatic N) is 1. The Morgan fingerprint density at radius 2 is 2.00 bits per heavy atom. The summed E-state index contributed by atoms with van der Waals surface area (Å²) in [5.74, 6) is 0.617. The number of hydrogen-bond donors (Lipinski definition) is 0. The Kier molecular flexibility index (Phi) is 1.90. The van der Waals surface area contributed by atoms with Crippen LogP contribution < -0.4 is 0 Å². The summed E-state index contributed by atoms with van der Waals surface area (Å²) >= 11 is 0. The predicted molar refractivity (Wildman–Crippen MR) is 55.0 cm³/mol. The van der Waals surface area contributed by atoms with E-state index in [1.165, 1.54) is 0 Å². The van der Waals surface area contributed by atoms with Crippen molar-refractivity contribution in [3.8, 4) is 0 Å². The van der Waals surface area contributed by atoms with Gasteiger partial charge in [0.15, 0.2) is 9.84 Å². The fraction of sp³-hybridized carbons (Fsp3) is 0.900. The largest absolute Gasteiger partial charge is 0.337 e. The third-order valence-electron chi connectivity index (χ3n) is 4.05. The van der Waals surface area contributed by atoms with E-state index in [0.717, 1.165) is 19.3 Å². The van der Waals surface area contributed by atoms with Crippen LogP contribution in [0.4, 0.5) is 0 Å². The molecule has 2 saturated heterocycles. The Hall–Kier alpha value is -0.580. The van der Waals surface area contributed by atoms with Gasteiger partial charge in [0, 0.05) is 18.5 Å². The van der Waals surface area contributed by atoms with Gasteiger partial charge < -0.3 is 4.90 Å². The zero-order valence-corrected chi connectivity index (χ0v) is 9.37. The average Bonchev–Trinajstić information content (AvgIpc) is 2.54. The molecular weight excluding hydrogens is 214 g/mol. The van der Waals surface area contributed by atoms with E-state index in [2.05, 4.69) is 0 Å². The maximum absolute atomic E-state index is 12.0. The van der Waals surface area contributed by atoms with Crippen molar-refractivity contribution >= 4 is 15.7 Å². The van der Waals surface area contributed by atoms with Crippen molar-refractivity contribution in [3.63, 3.8) is 0 Å². The molecule has 5 heteroatoms. The lowest BCUT2D eigenvalue weighted by atomic mass is 9.84. The minimum atomic E-state index is -2.86. The van der Waals surface area contributed by atoms with E-state index in [1.807, 2.05) is 4.90 Å². The van der Waals surface area contributed by atoms with Gasteiger partial charge in [0.05, 0.1) is 11.0 Å². The summed E-state index contributed by atoms with van der Waals surface area (Å²) in [4.78, 5) is 13.8. The molecule has 2 aliphatic heterocycles. The standard InChI is InChI=1S/C10H15NO3S/c12-10(7-2-1-3-7)11-5-9-4-8(11)6-15(9,13)14/h7-9H,1-6H2. The van der Waals surface area contributed by atoms with Crippen LogP contribution in [0.25, 0.3) is 0 Å². The lowest BCUT2D eigenvalue weighted by Crippen LogP contribution is -2.47. The number of hydrogen-bond acceptors (Lipinski definition) is 3. The topological polar surface area (TPSA) is 54.5 Å². The summed E-state index contributed by atoms with van der Waals surface area (Å²) in [6.07, 6.45) is 3.83. The maximum Gasteiger partial charge on any atom is 0.226 e. The lowest BCUT2D eigenvalue weighted by Gasteiger charge is -2.33. The number of likely N-dealkylation sites (tertiary alicyclic amines) is 1. The molecule has 2 atom stereocenters. The molecule has 3 aliphatic rings. The van der Waals surface area contributed by atoms with Crippen molar-refractivity contribution < 1.29 is 13.2 Å². The smallest absolute Gasteiger partial charge is 0.226 e. The van der Waals surface area contributed by atoms with Gasteiger partial charge in [-0.3, -0.25) is 4.79 Å². The molecule has 1 saturated carbocycles. The van der Waals surface area contributed by atoms with Crippen molar-refractivity contribution in [2.75, 3.05) is 12.3 Å². The third kappa shape index (κ3) is 1.32. The summed E-state index contributed by atoms with van der Waals surface area (Å²) in [6, 6.07) is -0.00639. The van der Waals surface area contributed by atoms with E-state index in [9.17, 15) is 13.2 Å². The SMILES string of the molecule is O=C(C1CCC1)N1CC2CC1CS2(=O)=O. The summed E-state index contributed by atoms with van der Waals surface area (Å²) < 4.78 is 23.0. The molecule has 2 heterocycles. The van der Waals surface area contributed by atoms with Crippen LogP contribution in [0.3, 0.4) is 0 Å². The van der Waals surface area contributed by atoms with Crippen LogP contribution in [0.2, 0.25) is 0 Å². The lowest BCUT2D eigenvalue weighted by molar-refractivity contribution is -0.138. The first-order chi connectivity index (χ1) is 7.08. The van der Waals surface area contributed by atoms with Crippen molar-refractivity contribution in [2.24, 2.45) is 5.92 Å². The number of fused-ring (bicyclic) bond motifs is 2. The molecule has 1 aliphatic carbocycles. The number of sulfone groups is 1. The predicted octanol–water partition coefficient (Wildman–Crippen LogP) is 0.184. The first-order valence-corrected chi connectivity index (χ1v) is 7.31. The van der Waals surface area contributed by atoms with Gasteiger partial charge in [0.25, 0.3) is 0 Å². The van der Waals surface area contributed by atoms with Crippen molar-refractivity contribution in [3.05, 3.63) is 0 Å². The summed E-state index contributed by atoms with van der Waals surface area (Å²) in [5, 5.41) is -0.258. The number of amides is 1. The normalized spacial score (nSPS) is 38.0. The Bertz CT molecular complexity index is 399. The Morgan fingerprint density at radius 1 is 1.27 bits per heavy atom. The Morgan fingerprint density at radius 3 is 2.40 bits per heavy atom. The summed E-state index contributed by atoms with van der Waals surface area (Å²) in [6.45, 7) is 0.461. The Balaban J connectivity index is 1.74. The van der Waals surface area contributed by atoms with Crippen molar-refractivity contribution in [1.29, 1.82) is 0 Å². The average molecular weight is 229 g/mol. The van der Waals surface area contributed by atoms with E-state index < -0.39 is 9.84 Å². The number of rotatable bonds is 1. The molecule has 4 nitrogen and oxygen atoms in total. The van der Waals surface area contributed by atoms with Gasteiger partial charge in [0.2, 0.25) is 5.91 Å². The first-order valence-electron chi connectivity index (χ1n) is 5.60. The molecule has 84 valence electrons. The maximum atomic E-state index is 12.0. The second-order valence-corrected chi connectivity index (χ2v) is 7.29. The molecule has 2 unspecified atom stereocenters. The van der Waals surface area contributed by atoms with Crippen molar-refractivity contribution in [2.45, 2.75) is 37.0 Å². The van der Waals surface area contributed by atoms with Crippen LogP contribution in [-0.4, -0.2) is 42.8 Å². The van der Waals surface area contributed by atoms with Crippen LogP contribution in [0.1, 0.15) is 25.7 Å². The van der Waals surface area contributed by atoms with Gasteiger partial charge in [-0.15, -0.1) is 0 Å². The molecule has 0 radical (unpaired) electrons. The van der Waals surface area contributed by atoms with Crippen LogP contribution in [-0.2, 0) is 14.6 Å². The number of carbonyl (C=O) groups is 1. The van der Waals surface area contributed by atoms with Crippen LogP contribution in [0, 0.1) is 5.92 Å². The molecule has 0 spiro atoms. The zero-order chi connectivity index (χ0) is 10.6. The van der Waals surface area contributed by atoms with E-state index in [1.54, 1.807) is 0 Å². The zero-order valence-electron chi connectivity index (χ0n) is 8.55. The van der Waals surface area contributed by atoms with Gasteiger partial charge in [-0.1, -0.05) is 6.42 Å².